The van der Waals surface area contributed by atoms with Gasteiger partial charge in [0.25, 0.3) is 0 Å². The molecule has 42 heavy (non-hydrogen) atoms. The van der Waals surface area contributed by atoms with Gasteiger partial charge in [0.1, 0.15) is 0 Å². The summed E-state index contributed by atoms with van der Waals surface area (Å²) in [5, 5.41) is 18.1. The van der Waals surface area contributed by atoms with Gasteiger partial charge in [-0.25, -0.2) is 4.39 Å². The van der Waals surface area contributed by atoms with E-state index in [2.05, 4.69) is 56.1 Å². The molecule has 3 aromatic carbocycles. The van der Waals surface area contributed by atoms with Gasteiger partial charge in [-0.1, -0.05) is 83.0 Å². The van der Waals surface area contributed by atoms with E-state index in [-0.39, 0.29) is 5.75 Å². The molecule has 0 amide bonds. The summed E-state index contributed by atoms with van der Waals surface area (Å²) in [5.41, 5.74) is 9.05. The van der Waals surface area contributed by atoms with Crippen molar-refractivity contribution >= 4 is 11.4 Å². The van der Waals surface area contributed by atoms with Gasteiger partial charge in [-0.05, 0) is 90.9 Å². The number of phenols is 1. The number of aryl methyl sites for hydroxylation is 2. The number of hydrogen-bond donors (Lipinski definition) is 1. The molecule has 0 aliphatic rings. The minimum atomic E-state index is -0.551. The van der Waals surface area contributed by atoms with Crippen LogP contribution in [0.4, 0.5) is 4.39 Å². The first-order valence-electron chi connectivity index (χ1n) is 14.6. The minimum absolute atomic E-state index is 0.254. The lowest BCUT2D eigenvalue weighted by molar-refractivity contribution is 0.431. The topological polar surface area (TPSA) is 69.3 Å². The average molecular weight is 564 g/mol. The number of pyridine rings is 1. The number of aliphatic imine (C=N–C) groups is 1. The van der Waals surface area contributed by atoms with Crippen molar-refractivity contribution in [2.75, 3.05) is 0 Å². The number of benzene rings is 3. The molecular formula is C37H42FN3O. The molecule has 4 rings (SSSR count). The molecule has 0 saturated carbocycles. The fourth-order valence-corrected chi connectivity index (χ4v) is 4.28. The molecule has 0 spiro atoms. The Labute approximate surface area is 251 Å². The van der Waals surface area contributed by atoms with Gasteiger partial charge in [0.2, 0.25) is 0 Å². The van der Waals surface area contributed by atoms with E-state index < -0.39 is 5.82 Å². The van der Waals surface area contributed by atoms with E-state index >= 15 is 0 Å². The maximum Gasteiger partial charge on any atom is 0.164 e. The van der Waals surface area contributed by atoms with E-state index in [1.165, 1.54) is 12.1 Å². The van der Waals surface area contributed by atoms with E-state index in [9.17, 15) is 4.39 Å². The lowest BCUT2D eigenvalue weighted by Crippen LogP contribution is -1.99. The van der Waals surface area contributed by atoms with Crippen LogP contribution in [-0.4, -0.2) is 15.8 Å². The molecule has 0 fully saturated rings. The third-order valence-electron chi connectivity index (χ3n) is 6.36. The number of halogens is 1. The van der Waals surface area contributed by atoms with Crippen LogP contribution >= 0.6 is 0 Å². The Morgan fingerprint density at radius 1 is 0.976 bits per heavy atom. The van der Waals surface area contributed by atoms with Gasteiger partial charge in [0.05, 0.1) is 17.3 Å². The molecule has 1 N–H and O–H groups in total. The normalized spacial score (nSPS) is 11.0. The highest BCUT2D eigenvalue weighted by molar-refractivity contribution is 6.03. The first-order valence-corrected chi connectivity index (χ1v) is 14.6. The maximum absolute atomic E-state index is 12.5. The van der Waals surface area contributed by atoms with Crippen molar-refractivity contribution in [3.63, 3.8) is 0 Å². The average Bonchev–Trinajstić information content (AvgIpc) is 3.02. The zero-order valence-electron chi connectivity index (χ0n) is 25.7. The third kappa shape index (κ3) is 10.1. The summed E-state index contributed by atoms with van der Waals surface area (Å²) in [4.78, 5) is 9.18. The molecule has 0 bridgehead atoms. The standard InChI is InChI=1S/C26H25N3.C9H11FO.C2H6/c1-4-5-11-26(24-10-7-14-28-18-24)29-20(3)25-13-12-23(15-19(25)2)22-9-6-8-21(16-22)17-27;1-2-3-7-4-5-8(10)9(11)6-7;1-2/h6-16,18H,4-5H2,1-3H3;4-6,11H,2-3H2,1H3;1-2H3/b26-11+,29-20?;;. The molecule has 0 aliphatic heterocycles. The van der Waals surface area contributed by atoms with Crippen LogP contribution in [-0.2, 0) is 6.42 Å². The van der Waals surface area contributed by atoms with E-state index in [1.807, 2.05) is 63.4 Å². The van der Waals surface area contributed by atoms with Gasteiger partial charge in [0, 0.05) is 23.7 Å². The Morgan fingerprint density at radius 2 is 1.74 bits per heavy atom. The van der Waals surface area contributed by atoms with Crippen molar-refractivity contribution in [2.24, 2.45) is 4.99 Å². The second-order valence-corrected chi connectivity index (χ2v) is 9.58. The highest BCUT2D eigenvalue weighted by Crippen LogP contribution is 2.25. The summed E-state index contributed by atoms with van der Waals surface area (Å²) < 4.78 is 12.5. The Kier molecular flexibility index (Phi) is 14.4. The van der Waals surface area contributed by atoms with Crippen LogP contribution in [0.1, 0.15) is 81.7 Å². The second kappa shape index (κ2) is 18.0. The highest BCUT2D eigenvalue weighted by Gasteiger charge is 2.08. The molecule has 4 aromatic rings. The third-order valence-corrected chi connectivity index (χ3v) is 6.36. The molecule has 0 saturated heterocycles. The maximum atomic E-state index is 12.5. The molecule has 4 nitrogen and oxygen atoms in total. The molecule has 1 aromatic heterocycles. The van der Waals surface area contributed by atoms with Crippen molar-refractivity contribution < 1.29 is 9.50 Å². The van der Waals surface area contributed by atoms with E-state index in [0.717, 1.165) is 70.5 Å². The molecule has 5 heteroatoms. The Bertz CT molecular complexity index is 1520. The number of nitriles is 1. The molecule has 218 valence electrons. The lowest BCUT2D eigenvalue weighted by atomic mass is 9.97. The first-order chi connectivity index (χ1) is 20.4. The summed E-state index contributed by atoms with van der Waals surface area (Å²) in [7, 11) is 0. The van der Waals surface area contributed by atoms with Gasteiger partial charge in [0.15, 0.2) is 11.6 Å². The second-order valence-electron chi connectivity index (χ2n) is 9.58. The molecule has 0 atom stereocenters. The van der Waals surface area contributed by atoms with Crippen LogP contribution in [0.5, 0.6) is 5.75 Å². The number of unbranched alkanes of at least 4 members (excludes halogenated alkanes) is 1. The zero-order valence-corrected chi connectivity index (χ0v) is 25.7. The number of nitrogens with zero attached hydrogens (tertiary/aromatic N) is 3. The van der Waals surface area contributed by atoms with Crippen molar-refractivity contribution in [1.29, 1.82) is 5.26 Å². The molecule has 0 unspecified atom stereocenters. The van der Waals surface area contributed by atoms with Crippen LogP contribution in [0.3, 0.4) is 0 Å². The van der Waals surface area contributed by atoms with Crippen LogP contribution in [0.25, 0.3) is 16.8 Å². The number of aromatic nitrogens is 1. The van der Waals surface area contributed by atoms with Crippen molar-refractivity contribution in [1.82, 2.24) is 4.98 Å². The predicted octanol–water partition coefficient (Wildman–Crippen LogP) is 10.1. The van der Waals surface area contributed by atoms with Crippen LogP contribution in [0, 0.1) is 24.1 Å². The lowest BCUT2D eigenvalue weighted by Gasteiger charge is -2.11. The zero-order chi connectivity index (χ0) is 30.9. The smallest absolute Gasteiger partial charge is 0.164 e. The van der Waals surface area contributed by atoms with Crippen LogP contribution < -0.4 is 0 Å². The van der Waals surface area contributed by atoms with E-state index in [4.69, 9.17) is 15.4 Å². The van der Waals surface area contributed by atoms with Gasteiger partial charge in [-0.15, -0.1) is 0 Å². The van der Waals surface area contributed by atoms with Gasteiger partial charge >= 0.3 is 0 Å². The van der Waals surface area contributed by atoms with Gasteiger partial charge < -0.3 is 5.11 Å². The monoisotopic (exact) mass is 563 g/mol. The Hall–Kier alpha value is -4.56. The number of allylic oxidation sites excluding steroid dienone is 1. The molecule has 1 heterocycles. The van der Waals surface area contributed by atoms with Crippen LogP contribution in [0.15, 0.2) is 96.3 Å². The quantitative estimate of drug-likeness (QED) is 0.217. The first kappa shape index (κ1) is 33.6. The number of phenolic OH excluding ortho intramolecular Hbond substituents is 1. The summed E-state index contributed by atoms with van der Waals surface area (Å²) in [6.45, 7) is 12.4. The van der Waals surface area contributed by atoms with E-state index in [0.29, 0.717) is 5.56 Å². The fraction of sp³-hybridized carbons (Fsp3) is 0.270. The highest BCUT2D eigenvalue weighted by atomic mass is 19.1. The van der Waals surface area contributed by atoms with Crippen molar-refractivity contribution in [3.8, 4) is 22.9 Å². The van der Waals surface area contributed by atoms with E-state index in [1.54, 1.807) is 12.3 Å². The number of rotatable bonds is 8. The van der Waals surface area contributed by atoms with Gasteiger partial charge in [-0.2, -0.15) is 5.26 Å². The summed E-state index contributed by atoms with van der Waals surface area (Å²) >= 11 is 0. The largest absolute Gasteiger partial charge is 0.505 e. The van der Waals surface area contributed by atoms with Crippen molar-refractivity contribution in [3.05, 3.63) is 125 Å². The molecular weight excluding hydrogens is 521 g/mol. The summed E-state index contributed by atoms with van der Waals surface area (Å²) in [6, 6.07) is 24.7. The predicted molar refractivity (Wildman–Crippen MR) is 174 cm³/mol. The van der Waals surface area contributed by atoms with Crippen LogP contribution in [0.2, 0.25) is 0 Å². The molecule has 0 radical (unpaired) electrons. The Morgan fingerprint density at radius 3 is 2.36 bits per heavy atom. The number of aromatic hydroxyl groups is 1. The molecule has 0 aliphatic carbocycles. The van der Waals surface area contributed by atoms with Gasteiger partial charge in [-0.3, -0.25) is 9.98 Å². The Balaban J connectivity index is 0.000000396. The SMILES string of the molecule is CC.CCC/C=C(/N=C(C)c1ccc(-c2cccc(C#N)c2)cc1C)c1cccnc1.CCCc1ccc(F)c(O)c1. The van der Waals surface area contributed by atoms with Crippen molar-refractivity contribution in [2.45, 2.75) is 67.2 Å². The number of hydrogen-bond acceptors (Lipinski definition) is 4. The fourth-order valence-electron chi connectivity index (χ4n) is 4.28. The summed E-state index contributed by atoms with van der Waals surface area (Å²) in [6.07, 6.45) is 9.76. The summed E-state index contributed by atoms with van der Waals surface area (Å²) in [5.74, 6) is -0.805. The minimum Gasteiger partial charge on any atom is -0.505 e.